The van der Waals surface area contributed by atoms with E-state index in [1.807, 2.05) is 20.3 Å². The van der Waals surface area contributed by atoms with E-state index in [2.05, 4.69) is 13.6 Å². The molecule has 0 heterocycles. The van der Waals surface area contributed by atoms with Crippen molar-refractivity contribution in [3.63, 3.8) is 0 Å². The molecule has 0 aromatic carbocycles. The maximum atomic E-state index is 9.89. The van der Waals surface area contributed by atoms with Gasteiger partial charge in [-0.1, -0.05) is 0 Å². The molecule has 0 saturated heterocycles. The molecule has 0 aliphatic heterocycles. The second kappa shape index (κ2) is 5.03. The molecule has 0 radical (unpaired) electrons. The number of aliphatic hydroxyl groups is 1. The van der Waals surface area contributed by atoms with E-state index < -0.39 is 14.8 Å². The number of hydrogen-bond acceptors (Lipinski definition) is 2. The average Bonchev–Trinajstić information content (AvgIpc) is 1.82. The van der Waals surface area contributed by atoms with E-state index in [0.717, 1.165) is 18.5 Å². The molecular formula is C9H26O2P2. The van der Waals surface area contributed by atoms with Crippen molar-refractivity contribution in [3.05, 3.63) is 0 Å². The Hall–Kier alpha value is 0.780. The Labute approximate surface area is 83.5 Å². The Morgan fingerprint density at radius 2 is 1.69 bits per heavy atom. The Kier molecular flexibility index (Phi) is 5.33. The zero-order valence-electron chi connectivity index (χ0n) is 9.59. The molecule has 0 aliphatic carbocycles. The summed E-state index contributed by atoms with van der Waals surface area (Å²) in [4.78, 5) is 9.89. The molecular weight excluding hydrogens is 202 g/mol. The van der Waals surface area contributed by atoms with Crippen LogP contribution in [0.4, 0.5) is 0 Å². The third-order valence-corrected chi connectivity index (χ3v) is 13.0. The molecule has 0 aromatic heterocycles. The summed E-state index contributed by atoms with van der Waals surface area (Å²) in [6.45, 7) is 10.2. The molecule has 0 fully saturated rings. The van der Waals surface area contributed by atoms with Gasteiger partial charge in [0, 0.05) is 0 Å². The molecule has 0 aliphatic rings. The first-order chi connectivity index (χ1) is 5.71. The van der Waals surface area contributed by atoms with E-state index in [0.29, 0.717) is 0 Å². The Balaban J connectivity index is 4.42. The normalized spacial score (nSPS) is 18.4. The van der Waals surface area contributed by atoms with Gasteiger partial charge in [-0.25, -0.2) is 0 Å². The van der Waals surface area contributed by atoms with Gasteiger partial charge in [0.05, 0.1) is 0 Å². The third-order valence-electron chi connectivity index (χ3n) is 2.67. The van der Waals surface area contributed by atoms with Crippen molar-refractivity contribution in [1.82, 2.24) is 0 Å². The van der Waals surface area contributed by atoms with Crippen LogP contribution >= 0.6 is 14.8 Å². The summed E-state index contributed by atoms with van der Waals surface area (Å²) in [6.07, 6.45) is 2.25. The fourth-order valence-corrected chi connectivity index (χ4v) is 13.4. The van der Waals surface area contributed by atoms with Crippen molar-refractivity contribution in [3.8, 4) is 0 Å². The zero-order chi connectivity index (χ0) is 10.7. The van der Waals surface area contributed by atoms with Crippen molar-refractivity contribution >= 4 is 14.8 Å². The van der Waals surface area contributed by atoms with Crippen LogP contribution in [0.3, 0.4) is 0 Å². The van der Waals surface area contributed by atoms with Crippen LogP contribution in [0.2, 0.25) is 0 Å². The molecule has 0 aromatic rings. The third kappa shape index (κ3) is 5.27. The SMILES string of the molecule is CCC[PH](C)(C[PH](C)(C)O)C(C)O. The van der Waals surface area contributed by atoms with Crippen LogP contribution in [0.1, 0.15) is 20.3 Å². The Morgan fingerprint density at radius 1 is 1.23 bits per heavy atom. The minimum absolute atomic E-state index is 0.189. The molecule has 2 nitrogen and oxygen atoms in total. The van der Waals surface area contributed by atoms with E-state index in [-0.39, 0.29) is 5.85 Å². The first-order valence-electron chi connectivity index (χ1n) is 5.12. The van der Waals surface area contributed by atoms with Crippen LogP contribution < -0.4 is 0 Å². The van der Waals surface area contributed by atoms with Gasteiger partial charge in [0.25, 0.3) is 0 Å². The van der Waals surface area contributed by atoms with Crippen molar-refractivity contribution in [1.29, 1.82) is 0 Å². The van der Waals surface area contributed by atoms with Gasteiger partial charge in [0.1, 0.15) is 0 Å². The van der Waals surface area contributed by atoms with Crippen LogP contribution in [0, 0.1) is 0 Å². The van der Waals surface area contributed by atoms with Crippen molar-refractivity contribution in [2.45, 2.75) is 26.1 Å². The van der Waals surface area contributed by atoms with Crippen molar-refractivity contribution < 1.29 is 10.00 Å². The summed E-state index contributed by atoms with van der Waals surface area (Å²) in [6, 6.07) is 0. The number of rotatable bonds is 5. The van der Waals surface area contributed by atoms with Gasteiger partial charge in [-0.15, -0.1) is 0 Å². The summed E-state index contributed by atoms with van der Waals surface area (Å²) < 4.78 is 0. The standard InChI is InChI=1S/C9H26O2P2/c1-6-7-13(5,9(2)10)8-12(3,4)11/h9-13H,6-8H2,1-5H3. The predicted octanol–water partition coefficient (Wildman–Crippen LogP) is 1.99. The Bertz CT molecular complexity index is 154. The molecule has 84 valence electrons. The molecule has 1 unspecified atom stereocenters. The van der Waals surface area contributed by atoms with Gasteiger partial charge >= 0.3 is 82.9 Å². The van der Waals surface area contributed by atoms with Gasteiger partial charge in [-0.2, -0.15) is 0 Å². The van der Waals surface area contributed by atoms with Gasteiger partial charge in [-0.05, 0) is 0 Å². The molecule has 4 heteroatoms. The van der Waals surface area contributed by atoms with E-state index in [9.17, 15) is 10.00 Å². The zero-order valence-corrected chi connectivity index (χ0v) is 11.6. The summed E-state index contributed by atoms with van der Waals surface area (Å²) in [7, 11) is -3.59. The molecule has 0 saturated carbocycles. The molecule has 0 spiro atoms. The van der Waals surface area contributed by atoms with Gasteiger partial charge in [-0.3, -0.25) is 0 Å². The first kappa shape index (κ1) is 13.8. The Morgan fingerprint density at radius 3 is 1.92 bits per heavy atom. The van der Waals surface area contributed by atoms with Crippen LogP contribution in [-0.4, -0.2) is 47.9 Å². The fraction of sp³-hybridized carbons (Fsp3) is 1.00. The molecule has 2 N–H and O–H groups in total. The molecule has 1 atom stereocenters. The van der Waals surface area contributed by atoms with Crippen LogP contribution in [-0.2, 0) is 0 Å². The average molecular weight is 228 g/mol. The van der Waals surface area contributed by atoms with E-state index in [1.54, 1.807) is 0 Å². The topological polar surface area (TPSA) is 40.5 Å². The van der Waals surface area contributed by atoms with E-state index in [1.165, 1.54) is 0 Å². The van der Waals surface area contributed by atoms with Gasteiger partial charge in [0.15, 0.2) is 0 Å². The second-order valence-electron chi connectivity index (χ2n) is 5.07. The quantitative estimate of drug-likeness (QED) is 0.706. The monoisotopic (exact) mass is 228 g/mol. The minimum atomic E-state index is -1.99. The van der Waals surface area contributed by atoms with Crippen LogP contribution in [0.5, 0.6) is 0 Å². The van der Waals surface area contributed by atoms with Crippen molar-refractivity contribution in [2.24, 2.45) is 0 Å². The van der Waals surface area contributed by atoms with Crippen molar-refractivity contribution in [2.75, 3.05) is 32.1 Å². The molecule has 0 rings (SSSR count). The van der Waals surface area contributed by atoms with E-state index >= 15 is 0 Å². The molecule has 13 heavy (non-hydrogen) atoms. The van der Waals surface area contributed by atoms with Gasteiger partial charge < -0.3 is 0 Å². The molecule has 0 bridgehead atoms. The first-order valence-corrected chi connectivity index (χ1v) is 11.3. The van der Waals surface area contributed by atoms with Gasteiger partial charge in [0.2, 0.25) is 0 Å². The van der Waals surface area contributed by atoms with Crippen LogP contribution in [0.25, 0.3) is 0 Å². The number of aliphatic hydroxyl groups excluding tert-OH is 1. The maximum absolute atomic E-state index is 9.89. The second-order valence-corrected chi connectivity index (χ2v) is 14.8. The summed E-state index contributed by atoms with van der Waals surface area (Å²) >= 11 is 0. The predicted molar refractivity (Wildman–Crippen MR) is 68.3 cm³/mol. The summed E-state index contributed by atoms with van der Waals surface area (Å²) in [5, 5.41) is 9.74. The number of hydrogen-bond donors (Lipinski definition) is 2. The van der Waals surface area contributed by atoms with Crippen LogP contribution in [0.15, 0.2) is 0 Å². The molecule has 0 amide bonds. The summed E-state index contributed by atoms with van der Waals surface area (Å²) in [5.74, 6) is 0.734. The fourth-order valence-electron chi connectivity index (χ4n) is 2.00. The summed E-state index contributed by atoms with van der Waals surface area (Å²) in [5.41, 5.74) is 0. The van der Waals surface area contributed by atoms with E-state index in [4.69, 9.17) is 0 Å².